The second kappa shape index (κ2) is 8.04. The van der Waals surface area contributed by atoms with Gasteiger partial charge in [0.15, 0.2) is 0 Å². The SMILES string of the molecule is Cc1ccc(S(=O)(=O)NC[C@]2(C)CCC[C@]3(C)c4ccc(C(C)C)cc4CC[C@@H]23)cc1. The Morgan fingerprint density at radius 3 is 2.45 bits per heavy atom. The van der Waals surface area contributed by atoms with E-state index in [1.165, 1.54) is 23.1 Å². The summed E-state index contributed by atoms with van der Waals surface area (Å²) in [6.45, 7) is 11.7. The summed E-state index contributed by atoms with van der Waals surface area (Å²) >= 11 is 0. The number of sulfonamides is 1. The Labute approximate surface area is 188 Å². The van der Waals surface area contributed by atoms with E-state index < -0.39 is 10.0 Å². The van der Waals surface area contributed by atoms with Gasteiger partial charge in [-0.3, -0.25) is 0 Å². The third kappa shape index (κ3) is 4.09. The van der Waals surface area contributed by atoms with Crippen molar-refractivity contribution >= 4 is 10.0 Å². The van der Waals surface area contributed by atoms with Gasteiger partial charge in [-0.2, -0.15) is 0 Å². The molecule has 2 aromatic rings. The second-order valence-corrected chi connectivity index (χ2v) is 12.5. The Balaban J connectivity index is 1.59. The van der Waals surface area contributed by atoms with Crippen LogP contribution in [0.4, 0.5) is 0 Å². The van der Waals surface area contributed by atoms with E-state index in [1.807, 2.05) is 19.1 Å². The molecule has 0 heterocycles. The summed E-state index contributed by atoms with van der Waals surface area (Å²) in [4.78, 5) is 0.357. The zero-order valence-corrected chi connectivity index (χ0v) is 20.5. The van der Waals surface area contributed by atoms with Crippen molar-refractivity contribution in [2.24, 2.45) is 11.3 Å². The molecule has 4 heteroatoms. The molecule has 4 rings (SSSR count). The number of benzene rings is 2. The molecule has 2 aromatic carbocycles. The van der Waals surface area contributed by atoms with Crippen LogP contribution in [0.2, 0.25) is 0 Å². The summed E-state index contributed by atoms with van der Waals surface area (Å²) in [7, 11) is -3.50. The molecule has 0 saturated heterocycles. The monoisotopic (exact) mass is 439 g/mol. The van der Waals surface area contributed by atoms with Gasteiger partial charge >= 0.3 is 0 Å². The standard InChI is InChI=1S/C27H37NO2S/c1-19(2)21-9-13-24-22(17-21)10-14-25-26(4,15-6-16-27(24,25)5)18-28-31(29,30)23-11-7-20(3)8-12-23/h7-9,11-13,17,19,25,28H,6,10,14-16,18H2,1-5H3/t25-,26-,27+/m0/s1. The molecule has 0 unspecified atom stereocenters. The van der Waals surface area contributed by atoms with Crippen molar-refractivity contribution in [1.29, 1.82) is 0 Å². The molecule has 2 aliphatic rings. The fourth-order valence-corrected chi connectivity index (χ4v) is 7.46. The number of aryl methyl sites for hydroxylation is 2. The van der Waals surface area contributed by atoms with Crippen LogP contribution in [-0.2, 0) is 21.9 Å². The highest BCUT2D eigenvalue weighted by Crippen LogP contribution is 2.57. The Kier molecular flexibility index (Phi) is 5.85. The van der Waals surface area contributed by atoms with Crippen molar-refractivity contribution < 1.29 is 8.42 Å². The van der Waals surface area contributed by atoms with Crippen LogP contribution in [0.25, 0.3) is 0 Å². The van der Waals surface area contributed by atoms with Gasteiger partial charge in [-0.25, -0.2) is 13.1 Å². The van der Waals surface area contributed by atoms with Crippen LogP contribution in [0.1, 0.15) is 81.5 Å². The molecule has 0 amide bonds. The maximum absolute atomic E-state index is 13.0. The van der Waals surface area contributed by atoms with Crippen LogP contribution in [-0.4, -0.2) is 15.0 Å². The summed E-state index contributed by atoms with van der Waals surface area (Å²) in [5, 5.41) is 0. The van der Waals surface area contributed by atoms with Crippen molar-refractivity contribution in [2.45, 2.75) is 83.0 Å². The van der Waals surface area contributed by atoms with Crippen LogP contribution in [0.5, 0.6) is 0 Å². The van der Waals surface area contributed by atoms with Crippen LogP contribution in [0.15, 0.2) is 47.4 Å². The highest BCUT2D eigenvalue weighted by atomic mass is 32.2. The average Bonchev–Trinajstić information content (AvgIpc) is 2.72. The Hall–Kier alpha value is -1.65. The van der Waals surface area contributed by atoms with E-state index in [2.05, 4.69) is 50.6 Å². The van der Waals surface area contributed by atoms with E-state index in [9.17, 15) is 8.42 Å². The van der Waals surface area contributed by atoms with Crippen molar-refractivity contribution in [3.05, 3.63) is 64.7 Å². The predicted octanol–water partition coefficient (Wildman–Crippen LogP) is 6.11. The van der Waals surface area contributed by atoms with Gasteiger partial charge in [0.25, 0.3) is 0 Å². The van der Waals surface area contributed by atoms with Gasteiger partial charge in [0.05, 0.1) is 4.90 Å². The van der Waals surface area contributed by atoms with Crippen molar-refractivity contribution in [3.8, 4) is 0 Å². The lowest BCUT2D eigenvalue weighted by Gasteiger charge is -2.55. The fourth-order valence-electron chi connectivity index (χ4n) is 6.28. The van der Waals surface area contributed by atoms with E-state index in [0.29, 0.717) is 23.3 Å². The first-order valence-corrected chi connectivity index (χ1v) is 13.2. The number of hydrogen-bond acceptors (Lipinski definition) is 2. The number of hydrogen-bond donors (Lipinski definition) is 1. The highest BCUT2D eigenvalue weighted by Gasteiger charge is 2.51. The lowest BCUT2D eigenvalue weighted by Crippen LogP contribution is -2.53. The van der Waals surface area contributed by atoms with Crippen LogP contribution in [0, 0.1) is 18.3 Å². The van der Waals surface area contributed by atoms with E-state index in [1.54, 1.807) is 12.1 Å². The molecular formula is C27H37NO2S. The normalized spacial score (nSPS) is 28.3. The first kappa shape index (κ1) is 22.5. The van der Waals surface area contributed by atoms with Gasteiger partial charge in [-0.1, -0.05) is 70.0 Å². The van der Waals surface area contributed by atoms with Crippen LogP contribution < -0.4 is 4.72 Å². The first-order valence-electron chi connectivity index (χ1n) is 11.7. The molecule has 3 nitrogen and oxygen atoms in total. The largest absolute Gasteiger partial charge is 0.240 e. The van der Waals surface area contributed by atoms with E-state index in [0.717, 1.165) is 31.2 Å². The summed E-state index contributed by atoms with van der Waals surface area (Å²) in [5.41, 5.74) is 5.57. The molecule has 0 spiro atoms. The molecule has 0 radical (unpaired) electrons. The number of rotatable bonds is 5. The quantitative estimate of drug-likeness (QED) is 0.611. The van der Waals surface area contributed by atoms with Gasteiger partial charge in [0.1, 0.15) is 0 Å². The van der Waals surface area contributed by atoms with Gasteiger partial charge in [0.2, 0.25) is 10.0 Å². The minimum absolute atomic E-state index is 0.0425. The van der Waals surface area contributed by atoms with Crippen molar-refractivity contribution in [2.75, 3.05) is 6.54 Å². The van der Waals surface area contributed by atoms with E-state index in [-0.39, 0.29) is 10.8 Å². The van der Waals surface area contributed by atoms with Gasteiger partial charge in [-0.15, -0.1) is 0 Å². The maximum atomic E-state index is 13.0. The third-order valence-electron chi connectivity index (χ3n) is 8.17. The molecule has 0 bridgehead atoms. The molecule has 3 atom stereocenters. The highest BCUT2D eigenvalue weighted by molar-refractivity contribution is 7.89. The van der Waals surface area contributed by atoms with Crippen molar-refractivity contribution in [1.82, 2.24) is 4.72 Å². The molecule has 2 aliphatic carbocycles. The van der Waals surface area contributed by atoms with Crippen molar-refractivity contribution in [3.63, 3.8) is 0 Å². The molecule has 168 valence electrons. The van der Waals surface area contributed by atoms with Crippen LogP contribution in [0.3, 0.4) is 0 Å². The lowest BCUT2D eigenvalue weighted by atomic mass is 9.50. The minimum Gasteiger partial charge on any atom is -0.211 e. The smallest absolute Gasteiger partial charge is 0.211 e. The zero-order valence-electron chi connectivity index (χ0n) is 19.7. The Morgan fingerprint density at radius 2 is 1.77 bits per heavy atom. The lowest BCUT2D eigenvalue weighted by molar-refractivity contribution is 0.0299. The second-order valence-electron chi connectivity index (χ2n) is 10.7. The fraction of sp³-hybridized carbons (Fsp3) is 0.556. The zero-order chi connectivity index (χ0) is 22.4. The molecule has 0 aliphatic heterocycles. The molecule has 1 N–H and O–H groups in total. The maximum Gasteiger partial charge on any atom is 0.240 e. The van der Waals surface area contributed by atoms with Crippen LogP contribution >= 0.6 is 0 Å². The van der Waals surface area contributed by atoms with Gasteiger partial charge in [0, 0.05) is 6.54 Å². The van der Waals surface area contributed by atoms with E-state index in [4.69, 9.17) is 0 Å². The summed E-state index contributed by atoms with van der Waals surface area (Å²) in [6.07, 6.45) is 5.63. The van der Waals surface area contributed by atoms with Gasteiger partial charge < -0.3 is 0 Å². The third-order valence-corrected chi connectivity index (χ3v) is 9.58. The molecule has 1 saturated carbocycles. The molecule has 1 fully saturated rings. The van der Waals surface area contributed by atoms with E-state index >= 15 is 0 Å². The Bertz CT molecular complexity index is 1060. The molecule has 0 aromatic heterocycles. The summed E-state index contributed by atoms with van der Waals surface area (Å²) < 4.78 is 28.9. The predicted molar refractivity (Wildman–Crippen MR) is 128 cm³/mol. The number of fused-ring (bicyclic) bond motifs is 3. The average molecular weight is 440 g/mol. The summed E-state index contributed by atoms with van der Waals surface area (Å²) in [5.74, 6) is 1.02. The Morgan fingerprint density at radius 1 is 1.06 bits per heavy atom. The molecule has 31 heavy (non-hydrogen) atoms. The molecular weight excluding hydrogens is 402 g/mol. The summed E-state index contributed by atoms with van der Waals surface area (Å²) in [6, 6.07) is 14.2. The number of nitrogens with one attached hydrogen (secondary N) is 1. The first-order chi connectivity index (χ1) is 14.6. The van der Waals surface area contributed by atoms with Gasteiger partial charge in [-0.05, 0) is 84.1 Å². The topological polar surface area (TPSA) is 46.2 Å². The minimum atomic E-state index is -3.50.